The van der Waals surface area contributed by atoms with Gasteiger partial charge in [0.2, 0.25) is 0 Å². The molecule has 0 unspecified atom stereocenters. The zero-order valence-electron chi connectivity index (χ0n) is 15.0. The highest BCUT2D eigenvalue weighted by Gasteiger charge is 2.20. The molecular formula is C19H18N4O3. The second kappa shape index (κ2) is 6.84. The summed E-state index contributed by atoms with van der Waals surface area (Å²) in [4.78, 5) is 17.3. The molecule has 0 saturated heterocycles. The highest BCUT2D eigenvalue weighted by Crippen LogP contribution is 2.30. The quantitative estimate of drug-likeness (QED) is 0.530. The maximum atomic E-state index is 12.8. The summed E-state index contributed by atoms with van der Waals surface area (Å²) in [5.41, 5.74) is 2.84. The van der Waals surface area contributed by atoms with Crippen LogP contribution in [0.4, 0.5) is 0 Å². The van der Waals surface area contributed by atoms with Crippen LogP contribution >= 0.6 is 0 Å². The zero-order chi connectivity index (χ0) is 18.8. The van der Waals surface area contributed by atoms with E-state index < -0.39 is 5.97 Å². The first-order chi connectivity index (χ1) is 12.4. The van der Waals surface area contributed by atoms with Crippen LogP contribution in [0.1, 0.15) is 34.2 Å². The Kier molecular flexibility index (Phi) is 4.59. The molecule has 3 aromatic rings. The van der Waals surface area contributed by atoms with Crippen molar-refractivity contribution in [3.05, 3.63) is 46.8 Å². The second-order valence-corrected chi connectivity index (χ2v) is 5.81. The van der Waals surface area contributed by atoms with Gasteiger partial charge in [-0.05, 0) is 39.0 Å². The van der Waals surface area contributed by atoms with E-state index in [2.05, 4.69) is 10.1 Å². The van der Waals surface area contributed by atoms with Gasteiger partial charge >= 0.3 is 5.97 Å². The summed E-state index contributed by atoms with van der Waals surface area (Å²) in [7, 11) is 1.78. The van der Waals surface area contributed by atoms with E-state index in [0.29, 0.717) is 45.9 Å². The second-order valence-electron chi connectivity index (χ2n) is 5.81. The number of carbonyl (C=O) groups excluding carboxylic acids is 1. The number of benzene rings is 1. The number of hydrogen-bond donors (Lipinski definition) is 0. The molecule has 0 fully saturated rings. The summed E-state index contributed by atoms with van der Waals surface area (Å²) >= 11 is 0. The lowest BCUT2D eigenvalue weighted by Crippen LogP contribution is -2.11. The van der Waals surface area contributed by atoms with Crippen LogP contribution in [-0.2, 0) is 7.05 Å². The fraction of sp³-hybridized carbons (Fsp3) is 0.263. The molecule has 0 aliphatic heterocycles. The van der Waals surface area contributed by atoms with Crippen LogP contribution in [-0.4, -0.2) is 27.3 Å². The number of esters is 1. The average Bonchev–Trinajstić information content (AvgIpc) is 2.89. The fourth-order valence-electron chi connectivity index (χ4n) is 2.82. The normalized spacial score (nSPS) is 10.6. The van der Waals surface area contributed by atoms with Gasteiger partial charge in [0.05, 0.1) is 34.9 Å². The van der Waals surface area contributed by atoms with Crippen LogP contribution in [0, 0.1) is 25.2 Å². The molecule has 26 heavy (non-hydrogen) atoms. The fourth-order valence-corrected chi connectivity index (χ4v) is 2.82. The first-order valence-electron chi connectivity index (χ1n) is 8.14. The Bertz CT molecular complexity index is 1050. The summed E-state index contributed by atoms with van der Waals surface area (Å²) in [6, 6.07) is 8.41. The van der Waals surface area contributed by atoms with Gasteiger partial charge in [-0.25, -0.2) is 9.78 Å². The van der Waals surface area contributed by atoms with E-state index in [1.807, 2.05) is 26.8 Å². The van der Waals surface area contributed by atoms with E-state index in [1.165, 1.54) is 0 Å². The molecule has 0 radical (unpaired) electrons. The lowest BCUT2D eigenvalue weighted by Gasteiger charge is -2.11. The highest BCUT2D eigenvalue weighted by molar-refractivity contribution is 6.04. The van der Waals surface area contributed by atoms with E-state index in [-0.39, 0.29) is 5.75 Å². The molecule has 1 aromatic carbocycles. The highest BCUT2D eigenvalue weighted by atomic mass is 16.6. The molecule has 7 nitrogen and oxygen atoms in total. The van der Waals surface area contributed by atoms with Gasteiger partial charge in [0.25, 0.3) is 0 Å². The van der Waals surface area contributed by atoms with E-state index in [0.717, 1.165) is 0 Å². The van der Waals surface area contributed by atoms with Crippen LogP contribution in [0.5, 0.6) is 11.5 Å². The summed E-state index contributed by atoms with van der Waals surface area (Å²) in [6.07, 6.45) is 0. The van der Waals surface area contributed by atoms with Crippen molar-refractivity contribution < 1.29 is 14.3 Å². The third-order valence-electron chi connectivity index (χ3n) is 3.89. The van der Waals surface area contributed by atoms with E-state index >= 15 is 0 Å². The van der Waals surface area contributed by atoms with Crippen molar-refractivity contribution in [2.24, 2.45) is 7.05 Å². The third-order valence-corrected chi connectivity index (χ3v) is 3.89. The van der Waals surface area contributed by atoms with Crippen molar-refractivity contribution in [1.29, 1.82) is 5.26 Å². The number of nitrogens with zero attached hydrogens (tertiary/aromatic N) is 4. The van der Waals surface area contributed by atoms with Gasteiger partial charge in [-0.1, -0.05) is 0 Å². The first-order valence-corrected chi connectivity index (χ1v) is 8.14. The summed E-state index contributed by atoms with van der Waals surface area (Å²) in [5.74, 6) is 0.0899. The van der Waals surface area contributed by atoms with Crippen LogP contribution in [0.25, 0.3) is 11.0 Å². The van der Waals surface area contributed by atoms with Crippen LogP contribution in [0.3, 0.4) is 0 Å². The predicted molar refractivity (Wildman–Crippen MR) is 95.3 cm³/mol. The Morgan fingerprint density at radius 1 is 1.27 bits per heavy atom. The maximum Gasteiger partial charge on any atom is 0.344 e. The van der Waals surface area contributed by atoms with E-state index in [9.17, 15) is 4.79 Å². The topological polar surface area (TPSA) is 90.0 Å². The minimum Gasteiger partial charge on any atom is -0.490 e. The van der Waals surface area contributed by atoms with Crippen molar-refractivity contribution >= 4 is 17.0 Å². The molecule has 0 atom stereocenters. The maximum absolute atomic E-state index is 12.8. The largest absolute Gasteiger partial charge is 0.490 e. The molecule has 7 heteroatoms. The Morgan fingerprint density at radius 3 is 2.73 bits per heavy atom. The molecule has 132 valence electrons. The van der Waals surface area contributed by atoms with Gasteiger partial charge in [-0.15, -0.1) is 0 Å². The Morgan fingerprint density at radius 2 is 2.04 bits per heavy atom. The SMILES string of the molecule is CCOc1cc(C#N)ccc1OC(=O)c1cc(C)nc2c1c(C)nn2C. The predicted octanol–water partition coefficient (Wildman–Crippen LogP) is 3.07. The van der Waals surface area contributed by atoms with Gasteiger partial charge in [0.15, 0.2) is 17.1 Å². The van der Waals surface area contributed by atoms with E-state index in [1.54, 1.807) is 36.0 Å². The lowest BCUT2D eigenvalue weighted by molar-refractivity contribution is 0.0730. The van der Waals surface area contributed by atoms with Crippen molar-refractivity contribution in [3.63, 3.8) is 0 Å². The van der Waals surface area contributed by atoms with E-state index in [4.69, 9.17) is 14.7 Å². The van der Waals surface area contributed by atoms with Crippen LogP contribution in [0.15, 0.2) is 24.3 Å². The van der Waals surface area contributed by atoms with Crippen molar-refractivity contribution in [3.8, 4) is 17.6 Å². The van der Waals surface area contributed by atoms with Gasteiger partial charge < -0.3 is 9.47 Å². The monoisotopic (exact) mass is 350 g/mol. The molecule has 0 aliphatic rings. The standard InChI is InChI=1S/C19H18N4O3/c1-5-25-16-9-13(10-20)6-7-15(16)26-19(24)14-8-11(2)21-18-17(14)12(3)22-23(18)4/h6-9H,5H2,1-4H3. The average molecular weight is 350 g/mol. The lowest BCUT2D eigenvalue weighted by atomic mass is 10.1. The number of pyridine rings is 1. The number of aryl methyl sites for hydroxylation is 3. The Labute approximate surface area is 150 Å². The number of ether oxygens (including phenoxy) is 2. The third kappa shape index (κ3) is 3.09. The first kappa shape index (κ1) is 17.4. The van der Waals surface area contributed by atoms with Gasteiger partial charge in [0.1, 0.15) is 0 Å². The molecule has 2 heterocycles. The molecule has 0 N–H and O–H groups in total. The number of carbonyl (C=O) groups is 1. The van der Waals surface area contributed by atoms with Gasteiger partial charge in [-0.2, -0.15) is 10.4 Å². The summed E-state index contributed by atoms with van der Waals surface area (Å²) in [5, 5.41) is 14.0. The minimum atomic E-state index is -0.526. The van der Waals surface area contributed by atoms with Crippen molar-refractivity contribution in [2.75, 3.05) is 6.61 Å². The zero-order valence-corrected chi connectivity index (χ0v) is 15.0. The number of nitriles is 1. The molecule has 0 spiro atoms. The number of fused-ring (bicyclic) bond motifs is 1. The smallest absolute Gasteiger partial charge is 0.344 e. The van der Waals surface area contributed by atoms with Crippen molar-refractivity contribution in [2.45, 2.75) is 20.8 Å². The number of rotatable bonds is 4. The van der Waals surface area contributed by atoms with Gasteiger partial charge in [-0.3, -0.25) is 4.68 Å². The minimum absolute atomic E-state index is 0.264. The molecular weight excluding hydrogens is 332 g/mol. The summed E-state index contributed by atoms with van der Waals surface area (Å²) in [6.45, 7) is 5.84. The molecule has 0 aliphatic carbocycles. The molecule has 0 saturated carbocycles. The van der Waals surface area contributed by atoms with Crippen molar-refractivity contribution in [1.82, 2.24) is 14.8 Å². The molecule has 0 amide bonds. The van der Waals surface area contributed by atoms with Crippen LogP contribution < -0.4 is 9.47 Å². The number of aromatic nitrogens is 3. The molecule has 2 aromatic heterocycles. The number of hydrogen-bond acceptors (Lipinski definition) is 6. The molecule has 0 bridgehead atoms. The van der Waals surface area contributed by atoms with Crippen LogP contribution in [0.2, 0.25) is 0 Å². The Balaban J connectivity index is 2.04. The van der Waals surface area contributed by atoms with Gasteiger partial charge in [0, 0.05) is 18.8 Å². The molecule has 3 rings (SSSR count). The Hall–Kier alpha value is -3.40. The summed E-state index contributed by atoms with van der Waals surface area (Å²) < 4.78 is 12.7.